The highest BCUT2D eigenvalue weighted by molar-refractivity contribution is 5.45. The van der Waals surface area contributed by atoms with Crippen LogP contribution in [0, 0.1) is 5.82 Å². The number of hydrogen-bond acceptors (Lipinski definition) is 1. The normalized spacial score (nSPS) is 18.9. The van der Waals surface area contributed by atoms with Gasteiger partial charge in [0.25, 0.3) is 0 Å². The number of hydrogen-bond donors (Lipinski definition) is 1. The van der Waals surface area contributed by atoms with Gasteiger partial charge in [-0.05, 0) is 60.6 Å². The Morgan fingerprint density at radius 1 is 1.10 bits per heavy atom. The van der Waals surface area contributed by atoms with Crippen LogP contribution in [-0.4, -0.2) is 6.04 Å². The van der Waals surface area contributed by atoms with Crippen molar-refractivity contribution in [1.82, 2.24) is 0 Å². The fraction of sp³-hybridized carbons (Fsp3) is 0.333. The van der Waals surface area contributed by atoms with Crippen LogP contribution in [0.25, 0.3) is 0 Å². The molecule has 1 aliphatic carbocycles. The lowest BCUT2D eigenvalue weighted by Crippen LogP contribution is -2.20. The first kappa shape index (κ1) is 13.3. The van der Waals surface area contributed by atoms with Crippen LogP contribution >= 0.6 is 0 Å². The van der Waals surface area contributed by atoms with Crippen molar-refractivity contribution in [2.45, 2.75) is 38.1 Å². The molecule has 0 saturated heterocycles. The van der Waals surface area contributed by atoms with Crippen molar-refractivity contribution < 1.29 is 4.39 Å². The summed E-state index contributed by atoms with van der Waals surface area (Å²) in [5.74, 6) is 0.138. The van der Waals surface area contributed by atoms with Gasteiger partial charge in [-0.1, -0.05) is 30.3 Å². The molecule has 0 bridgehead atoms. The van der Waals surface area contributed by atoms with Crippen LogP contribution in [-0.2, 0) is 12.8 Å². The van der Waals surface area contributed by atoms with Gasteiger partial charge in [-0.3, -0.25) is 0 Å². The number of halogens is 1. The Hall–Kier alpha value is -1.67. The van der Waals surface area contributed by atoms with Gasteiger partial charge in [0.2, 0.25) is 0 Å². The van der Waals surface area contributed by atoms with Gasteiger partial charge in [0.1, 0.15) is 5.82 Å². The van der Waals surface area contributed by atoms with E-state index in [1.54, 1.807) is 12.1 Å². The van der Waals surface area contributed by atoms with E-state index >= 15 is 0 Å². The second kappa shape index (κ2) is 5.37. The zero-order valence-electron chi connectivity index (χ0n) is 11.8. The minimum atomic E-state index is -0.144. The minimum absolute atomic E-state index is 0.129. The van der Waals surface area contributed by atoms with E-state index in [9.17, 15) is 4.39 Å². The molecule has 1 nitrogen and oxygen atoms in total. The molecule has 2 aromatic carbocycles. The van der Waals surface area contributed by atoms with Gasteiger partial charge in [0, 0.05) is 12.0 Å². The third kappa shape index (κ3) is 2.48. The van der Waals surface area contributed by atoms with E-state index in [2.05, 4.69) is 24.3 Å². The molecule has 2 aromatic rings. The fourth-order valence-electron chi connectivity index (χ4n) is 3.30. The number of aryl methyl sites for hydroxylation is 2. The van der Waals surface area contributed by atoms with Crippen molar-refractivity contribution in [3.05, 3.63) is 70.5 Å². The lowest BCUT2D eigenvalue weighted by molar-refractivity contribution is 0.600. The molecule has 0 radical (unpaired) electrons. The largest absolute Gasteiger partial charge is 0.328 e. The van der Waals surface area contributed by atoms with E-state index in [4.69, 9.17) is 5.73 Å². The topological polar surface area (TPSA) is 26.0 Å². The Bertz CT molecular complexity index is 619. The maximum absolute atomic E-state index is 13.5. The van der Waals surface area contributed by atoms with Crippen LogP contribution in [0.15, 0.2) is 42.5 Å². The van der Waals surface area contributed by atoms with Crippen LogP contribution in [0.3, 0.4) is 0 Å². The zero-order chi connectivity index (χ0) is 14.1. The molecule has 2 atom stereocenters. The molecule has 0 saturated carbocycles. The summed E-state index contributed by atoms with van der Waals surface area (Å²) >= 11 is 0. The van der Waals surface area contributed by atoms with E-state index in [0.29, 0.717) is 0 Å². The maximum Gasteiger partial charge on any atom is 0.123 e. The molecule has 0 heterocycles. The monoisotopic (exact) mass is 269 g/mol. The number of fused-ring (bicyclic) bond motifs is 2. The quantitative estimate of drug-likeness (QED) is 0.882. The molecule has 1 aliphatic rings. The third-order valence-electron chi connectivity index (χ3n) is 4.18. The van der Waals surface area contributed by atoms with Crippen molar-refractivity contribution in [1.29, 1.82) is 0 Å². The molecule has 0 amide bonds. The smallest absolute Gasteiger partial charge is 0.123 e. The summed E-state index contributed by atoms with van der Waals surface area (Å²) in [6, 6.07) is 13.9. The van der Waals surface area contributed by atoms with Crippen LogP contribution in [0.5, 0.6) is 0 Å². The molecule has 0 aliphatic heterocycles. The van der Waals surface area contributed by atoms with Crippen LogP contribution in [0.1, 0.15) is 41.5 Å². The van der Waals surface area contributed by atoms with Crippen molar-refractivity contribution in [2.24, 2.45) is 5.73 Å². The standard InChI is InChI=1S/C18H20FN/c1-12(20)10-18-16-5-3-2-4-13(16)6-7-14-11-15(19)8-9-17(14)18/h2-5,8-9,11-12,18H,6-7,10,20H2,1H3. The van der Waals surface area contributed by atoms with Crippen LogP contribution in [0.2, 0.25) is 0 Å². The summed E-state index contributed by atoms with van der Waals surface area (Å²) in [7, 11) is 0. The van der Waals surface area contributed by atoms with E-state index in [1.165, 1.54) is 16.7 Å². The first-order valence-electron chi connectivity index (χ1n) is 7.27. The maximum atomic E-state index is 13.5. The van der Waals surface area contributed by atoms with E-state index < -0.39 is 0 Å². The Morgan fingerprint density at radius 3 is 2.60 bits per heavy atom. The molecule has 0 fully saturated rings. The summed E-state index contributed by atoms with van der Waals surface area (Å²) in [5.41, 5.74) is 11.1. The van der Waals surface area contributed by atoms with Crippen molar-refractivity contribution >= 4 is 0 Å². The Balaban J connectivity index is 2.14. The summed E-state index contributed by atoms with van der Waals surface area (Å²) in [6.07, 6.45) is 2.78. The molecule has 2 N–H and O–H groups in total. The second-order valence-electron chi connectivity index (χ2n) is 5.81. The van der Waals surface area contributed by atoms with Gasteiger partial charge in [0.05, 0.1) is 0 Å². The molecular formula is C18H20FN. The van der Waals surface area contributed by atoms with Gasteiger partial charge in [-0.15, -0.1) is 0 Å². The highest BCUT2D eigenvalue weighted by atomic mass is 19.1. The summed E-state index contributed by atoms with van der Waals surface area (Å²) in [4.78, 5) is 0. The van der Waals surface area contributed by atoms with Gasteiger partial charge in [0.15, 0.2) is 0 Å². The zero-order valence-corrected chi connectivity index (χ0v) is 11.8. The average molecular weight is 269 g/mol. The molecule has 2 heteroatoms. The third-order valence-corrected chi connectivity index (χ3v) is 4.18. The van der Waals surface area contributed by atoms with E-state index in [1.807, 2.05) is 13.0 Å². The molecule has 0 spiro atoms. The van der Waals surface area contributed by atoms with Crippen molar-refractivity contribution in [2.75, 3.05) is 0 Å². The summed E-state index contributed by atoms with van der Waals surface area (Å²) < 4.78 is 13.5. The molecule has 3 rings (SSSR count). The summed E-state index contributed by atoms with van der Waals surface area (Å²) in [5, 5.41) is 0. The highest BCUT2D eigenvalue weighted by Crippen LogP contribution is 2.37. The average Bonchev–Trinajstić information content (AvgIpc) is 2.57. The number of benzene rings is 2. The van der Waals surface area contributed by atoms with Gasteiger partial charge in [-0.25, -0.2) is 4.39 Å². The number of rotatable bonds is 2. The fourth-order valence-corrected chi connectivity index (χ4v) is 3.30. The molecule has 104 valence electrons. The van der Waals surface area contributed by atoms with E-state index in [0.717, 1.165) is 24.8 Å². The number of nitrogens with two attached hydrogens (primary N) is 1. The first-order chi connectivity index (χ1) is 9.65. The first-order valence-corrected chi connectivity index (χ1v) is 7.27. The highest BCUT2D eigenvalue weighted by Gasteiger charge is 2.24. The van der Waals surface area contributed by atoms with Crippen molar-refractivity contribution in [3.8, 4) is 0 Å². The van der Waals surface area contributed by atoms with Gasteiger partial charge < -0.3 is 5.73 Å². The molecule has 20 heavy (non-hydrogen) atoms. The molecule has 0 aromatic heterocycles. The van der Waals surface area contributed by atoms with Crippen molar-refractivity contribution in [3.63, 3.8) is 0 Å². The Labute approximate surface area is 119 Å². The molecular weight excluding hydrogens is 249 g/mol. The Morgan fingerprint density at radius 2 is 1.80 bits per heavy atom. The lowest BCUT2D eigenvalue weighted by atomic mass is 9.84. The molecule has 2 unspecified atom stereocenters. The van der Waals surface area contributed by atoms with Gasteiger partial charge >= 0.3 is 0 Å². The Kier molecular flexibility index (Phi) is 3.58. The summed E-state index contributed by atoms with van der Waals surface area (Å²) in [6.45, 7) is 2.04. The van der Waals surface area contributed by atoms with Gasteiger partial charge in [-0.2, -0.15) is 0 Å². The van der Waals surface area contributed by atoms with E-state index in [-0.39, 0.29) is 17.8 Å². The predicted octanol–water partition coefficient (Wildman–Crippen LogP) is 3.79. The lowest BCUT2D eigenvalue weighted by Gasteiger charge is -2.22. The predicted molar refractivity (Wildman–Crippen MR) is 80.4 cm³/mol. The van der Waals surface area contributed by atoms with Crippen LogP contribution in [0.4, 0.5) is 4.39 Å². The SMILES string of the molecule is CC(N)CC1c2ccccc2CCc2cc(F)ccc21. The minimum Gasteiger partial charge on any atom is -0.328 e. The second-order valence-corrected chi connectivity index (χ2v) is 5.81. The van der Waals surface area contributed by atoms with Crippen LogP contribution < -0.4 is 5.73 Å².